The summed E-state index contributed by atoms with van der Waals surface area (Å²) in [6.45, 7) is 2.16. The van der Waals surface area contributed by atoms with Gasteiger partial charge in [-0.1, -0.05) is 0 Å². The topological polar surface area (TPSA) is 71.2 Å². The number of carbonyl (C=O) groups excluding carboxylic acids is 1. The van der Waals surface area contributed by atoms with Crippen molar-refractivity contribution in [3.05, 3.63) is 17.8 Å². The minimum atomic E-state index is -0.0570. The van der Waals surface area contributed by atoms with Crippen molar-refractivity contribution in [1.82, 2.24) is 10.3 Å². The predicted octanol–water partition coefficient (Wildman–Crippen LogP) is 0.154. The molecule has 0 aromatic carbocycles. The number of hydrogen-bond acceptors (Lipinski definition) is 4. The molecule has 0 aliphatic rings. The van der Waals surface area contributed by atoms with Gasteiger partial charge in [-0.05, 0) is 12.5 Å². The number of nitrogens with two attached hydrogens (primary N) is 1. The van der Waals surface area contributed by atoms with Gasteiger partial charge in [0, 0.05) is 32.0 Å². The molecule has 82 valence electrons. The summed E-state index contributed by atoms with van der Waals surface area (Å²) in [6.07, 6.45) is 1.70. The van der Waals surface area contributed by atoms with E-state index >= 15 is 0 Å². The summed E-state index contributed by atoms with van der Waals surface area (Å²) >= 11 is 0. The number of pyridine rings is 1. The summed E-state index contributed by atoms with van der Waals surface area (Å²) in [5.41, 5.74) is 7.38. The molecule has 0 saturated carbocycles. The molecule has 0 saturated heterocycles. The van der Waals surface area contributed by atoms with Crippen LogP contribution < -0.4 is 16.0 Å². The molecule has 0 aliphatic carbocycles. The number of likely N-dealkylation sites (N-methyl/N-ethyl adjacent to an activating group) is 2. The molecule has 1 heterocycles. The first kappa shape index (κ1) is 11.3. The summed E-state index contributed by atoms with van der Waals surface area (Å²) in [7, 11) is 3.40. The third-order valence-electron chi connectivity index (χ3n) is 2.18. The highest BCUT2D eigenvalue weighted by atomic mass is 16.1. The summed E-state index contributed by atoms with van der Waals surface area (Å²) in [4.78, 5) is 17.1. The Bertz CT molecular complexity index is 364. The lowest BCUT2D eigenvalue weighted by Gasteiger charge is -2.17. The van der Waals surface area contributed by atoms with Crippen LogP contribution in [0.25, 0.3) is 0 Å². The SMILES string of the molecule is CNC(=O)CN(C)c1cc(N)c(C)cn1. The van der Waals surface area contributed by atoms with Crippen molar-refractivity contribution < 1.29 is 4.79 Å². The zero-order chi connectivity index (χ0) is 11.4. The number of nitrogens with one attached hydrogen (secondary N) is 1. The van der Waals surface area contributed by atoms with Gasteiger partial charge in [-0.2, -0.15) is 0 Å². The fraction of sp³-hybridized carbons (Fsp3) is 0.400. The minimum Gasteiger partial charge on any atom is -0.398 e. The molecule has 1 aromatic rings. The summed E-state index contributed by atoms with van der Waals surface area (Å²) in [5.74, 6) is 0.639. The molecule has 0 spiro atoms. The van der Waals surface area contributed by atoms with Crippen LogP contribution >= 0.6 is 0 Å². The number of amides is 1. The molecule has 1 aromatic heterocycles. The van der Waals surface area contributed by atoms with Gasteiger partial charge >= 0.3 is 0 Å². The van der Waals surface area contributed by atoms with Crippen LogP contribution in [0.4, 0.5) is 11.5 Å². The van der Waals surface area contributed by atoms with Gasteiger partial charge in [-0.3, -0.25) is 4.79 Å². The van der Waals surface area contributed by atoms with Gasteiger partial charge in [0.2, 0.25) is 5.91 Å². The average molecular weight is 208 g/mol. The molecular formula is C10H16N4O. The number of nitrogen functional groups attached to an aromatic ring is 1. The second-order valence-corrected chi connectivity index (χ2v) is 3.43. The Balaban J connectivity index is 2.78. The highest BCUT2D eigenvalue weighted by Gasteiger charge is 2.07. The minimum absolute atomic E-state index is 0.0570. The van der Waals surface area contributed by atoms with Gasteiger partial charge in [0.05, 0.1) is 6.54 Å². The van der Waals surface area contributed by atoms with E-state index in [4.69, 9.17) is 5.73 Å². The van der Waals surface area contributed by atoms with Gasteiger partial charge < -0.3 is 16.0 Å². The first-order chi connectivity index (χ1) is 7.04. The average Bonchev–Trinajstić information content (AvgIpc) is 2.21. The van der Waals surface area contributed by atoms with Crippen molar-refractivity contribution in [3.63, 3.8) is 0 Å². The fourth-order valence-electron chi connectivity index (χ4n) is 1.11. The first-order valence-corrected chi connectivity index (χ1v) is 4.68. The zero-order valence-corrected chi connectivity index (χ0v) is 9.24. The molecule has 5 heteroatoms. The van der Waals surface area contributed by atoms with Crippen LogP contribution in [0.1, 0.15) is 5.56 Å². The number of aromatic nitrogens is 1. The fourth-order valence-corrected chi connectivity index (χ4v) is 1.11. The lowest BCUT2D eigenvalue weighted by molar-refractivity contribution is -0.119. The van der Waals surface area contributed by atoms with Crippen LogP contribution in [0.15, 0.2) is 12.3 Å². The molecule has 5 nitrogen and oxygen atoms in total. The zero-order valence-electron chi connectivity index (χ0n) is 9.24. The molecule has 3 N–H and O–H groups in total. The lowest BCUT2D eigenvalue weighted by atomic mass is 10.2. The van der Waals surface area contributed by atoms with E-state index in [1.807, 2.05) is 6.92 Å². The van der Waals surface area contributed by atoms with Crippen molar-refractivity contribution >= 4 is 17.4 Å². The monoisotopic (exact) mass is 208 g/mol. The maximum absolute atomic E-state index is 11.1. The number of hydrogen-bond donors (Lipinski definition) is 2. The van der Waals surface area contributed by atoms with E-state index in [1.165, 1.54) is 0 Å². The van der Waals surface area contributed by atoms with E-state index in [0.29, 0.717) is 11.5 Å². The Kier molecular flexibility index (Phi) is 3.49. The first-order valence-electron chi connectivity index (χ1n) is 4.68. The summed E-state index contributed by atoms with van der Waals surface area (Å²) < 4.78 is 0. The van der Waals surface area contributed by atoms with Crippen molar-refractivity contribution in [3.8, 4) is 0 Å². The van der Waals surface area contributed by atoms with Gasteiger partial charge in [0.1, 0.15) is 5.82 Å². The predicted molar refractivity (Wildman–Crippen MR) is 60.7 cm³/mol. The van der Waals surface area contributed by atoms with Crippen LogP contribution in [0.5, 0.6) is 0 Å². The molecule has 0 unspecified atom stereocenters. The van der Waals surface area contributed by atoms with Gasteiger partial charge in [0.25, 0.3) is 0 Å². The Morgan fingerprint density at radius 2 is 2.33 bits per heavy atom. The Morgan fingerprint density at radius 3 is 2.87 bits per heavy atom. The van der Waals surface area contributed by atoms with Crippen LogP contribution in [0.3, 0.4) is 0 Å². The number of rotatable bonds is 3. The van der Waals surface area contributed by atoms with Crippen molar-refractivity contribution in [1.29, 1.82) is 0 Å². The third-order valence-corrected chi connectivity index (χ3v) is 2.18. The number of aryl methyl sites for hydroxylation is 1. The molecule has 0 aliphatic heterocycles. The molecular weight excluding hydrogens is 192 g/mol. The van der Waals surface area contributed by atoms with E-state index in [1.54, 1.807) is 31.3 Å². The number of anilines is 2. The highest BCUT2D eigenvalue weighted by Crippen LogP contribution is 2.15. The van der Waals surface area contributed by atoms with Crippen LogP contribution in [-0.2, 0) is 4.79 Å². The van der Waals surface area contributed by atoms with E-state index in [2.05, 4.69) is 10.3 Å². The molecule has 0 bridgehead atoms. The molecule has 1 amide bonds. The molecule has 0 atom stereocenters. The Hall–Kier alpha value is -1.78. The lowest BCUT2D eigenvalue weighted by Crippen LogP contribution is -2.33. The number of carbonyl (C=O) groups is 1. The summed E-state index contributed by atoms with van der Waals surface area (Å²) in [5, 5.41) is 2.55. The van der Waals surface area contributed by atoms with Crippen molar-refractivity contribution in [2.75, 3.05) is 31.3 Å². The Morgan fingerprint density at radius 1 is 1.67 bits per heavy atom. The van der Waals surface area contributed by atoms with Crippen molar-refractivity contribution in [2.45, 2.75) is 6.92 Å². The molecule has 1 rings (SSSR count). The second kappa shape index (κ2) is 4.63. The third kappa shape index (κ3) is 2.83. The molecule has 0 fully saturated rings. The van der Waals surface area contributed by atoms with E-state index < -0.39 is 0 Å². The van der Waals surface area contributed by atoms with Gasteiger partial charge in [-0.15, -0.1) is 0 Å². The Labute approximate surface area is 89.3 Å². The second-order valence-electron chi connectivity index (χ2n) is 3.43. The van der Waals surface area contributed by atoms with E-state index in [-0.39, 0.29) is 12.5 Å². The largest absolute Gasteiger partial charge is 0.398 e. The number of nitrogens with zero attached hydrogens (tertiary/aromatic N) is 2. The molecule has 0 radical (unpaired) electrons. The normalized spacial score (nSPS) is 9.80. The van der Waals surface area contributed by atoms with E-state index in [0.717, 1.165) is 5.56 Å². The van der Waals surface area contributed by atoms with Gasteiger partial charge in [-0.25, -0.2) is 4.98 Å². The maximum Gasteiger partial charge on any atom is 0.239 e. The van der Waals surface area contributed by atoms with Crippen LogP contribution in [0.2, 0.25) is 0 Å². The van der Waals surface area contributed by atoms with E-state index in [9.17, 15) is 4.79 Å². The summed E-state index contributed by atoms with van der Waals surface area (Å²) in [6, 6.07) is 1.76. The van der Waals surface area contributed by atoms with Crippen molar-refractivity contribution in [2.24, 2.45) is 0 Å². The van der Waals surface area contributed by atoms with Crippen LogP contribution in [-0.4, -0.2) is 31.5 Å². The smallest absolute Gasteiger partial charge is 0.239 e. The highest BCUT2D eigenvalue weighted by molar-refractivity contribution is 5.80. The standard InChI is InChI=1S/C10H16N4O/c1-7-5-13-9(4-8(7)11)14(3)6-10(15)12-2/h4-5H,6H2,1-3H3,(H2,11,13)(H,12,15). The molecule has 15 heavy (non-hydrogen) atoms. The van der Waals surface area contributed by atoms with Crippen LogP contribution in [0, 0.1) is 6.92 Å². The quantitative estimate of drug-likeness (QED) is 0.742. The van der Waals surface area contributed by atoms with Gasteiger partial charge in [0.15, 0.2) is 0 Å². The maximum atomic E-state index is 11.1.